The molecule has 1 aromatic rings. The van der Waals surface area contributed by atoms with E-state index >= 15 is 0 Å². The van der Waals surface area contributed by atoms with Crippen LogP contribution in [-0.4, -0.2) is 44.3 Å². The molecule has 1 aliphatic heterocycles. The van der Waals surface area contributed by atoms with Gasteiger partial charge in [0.1, 0.15) is 5.82 Å². The third kappa shape index (κ3) is 4.05. The van der Waals surface area contributed by atoms with Gasteiger partial charge in [-0.15, -0.1) is 0 Å². The fourth-order valence-corrected chi connectivity index (χ4v) is 2.13. The van der Waals surface area contributed by atoms with Crippen molar-refractivity contribution in [2.75, 3.05) is 39.4 Å². The molecule has 1 aromatic carbocycles. The molecule has 1 heterocycles. The zero-order chi connectivity index (χ0) is 12.8. The SMILES string of the molecule is C[C@H](NCCN1CCOCC1)c1ccc(F)cc1. The molecular weight excluding hydrogens is 231 g/mol. The van der Waals surface area contributed by atoms with Crippen LogP contribution in [0.1, 0.15) is 18.5 Å². The summed E-state index contributed by atoms with van der Waals surface area (Å²) in [5.41, 5.74) is 1.12. The van der Waals surface area contributed by atoms with E-state index in [2.05, 4.69) is 17.1 Å². The highest BCUT2D eigenvalue weighted by Crippen LogP contribution is 2.12. The van der Waals surface area contributed by atoms with Crippen LogP contribution in [0.5, 0.6) is 0 Å². The second-order valence-corrected chi connectivity index (χ2v) is 4.68. The average Bonchev–Trinajstić information content (AvgIpc) is 2.40. The fourth-order valence-electron chi connectivity index (χ4n) is 2.13. The summed E-state index contributed by atoms with van der Waals surface area (Å²) in [4.78, 5) is 2.40. The first kappa shape index (κ1) is 13.5. The quantitative estimate of drug-likeness (QED) is 0.865. The lowest BCUT2D eigenvalue weighted by Gasteiger charge is -2.27. The van der Waals surface area contributed by atoms with E-state index in [9.17, 15) is 4.39 Å². The molecule has 0 bridgehead atoms. The van der Waals surface area contributed by atoms with Crippen LogP contribution in [0.4, 0.5) is 4.39 Å². The van der Waals surface area contributed by atoms with E-state index in [1.807, 2.05) is 12.1 Å². The van der Waals surface area contributed by atoms with Gasteiger partial charge in [-0.3, -0.25) is 4.90 Å². The van der Waals surface area contributed by atoms with Crippen molar-refractivity contribution in [1.82, 2.24) is 10.2 Å². The zero-order valence-electron chi connectivity index (χ0n) is 10.9. The first-order valence-corrected chi connectivity index (χ1v) is 6.54. The molecule has 1 saturated heterocycles. The largest absolute Gasteiger partial charge is 0.379 e. The normalized spacial score (nSPS) is 18.8. The van der Waals surface area contributed by atoms with E-state index in [4.69, 9.17) is 4.74 Å². The highest BCUT2D eigenvalue weighted by Gasteiger charge is 2.10. The molecule has 1 N–H and O–H groups in total. The van der Waals surface area contributed by atoms with Crippen molar-refractivity contribution < 1.29 is 9.13 Å². The highest BCUT2D eigenvalue weighted by atomic mass is 19.1. The van der Waals surface area contributed by atoms with Crippen LogP contribution in [0.15, 0.2) is 24.3 Å². The molecule has 0 aliphatic carbocycles. The Morgan fingerprint density at radius 1 is 1.28 bits per heavy atom. The Balaban J connectivity index is 1.70. The monoisotopic (exact) mass is 252 g/mol. The predicted molar refractivity (Wildman–Crippen MR) is 70.1 cm³/mol. The third-order valence-electron chi connectivity index (χ3n) is 3.35. The molecule has 0 unspecified atom stereocenters. The van der Waals surface area contributed by atoms with Crippen LogP contribution < -0.4 is 5.32 Å². The predicted octanol–water partition coefficient (Wildman–Crippen LogP) is 1.81. The second kappa shape index (κ2) is 6.83. The minimum absolute atomic E-state index is 0.181. The van der Waals surface area contributed by atoms with Crippen LogP contribution in [0.25, 0.3) is 0 Å². The van der Waals surface area contributed by atoms with Crippen molar-refractivity contribution in [2.24, 2.45) is 0 Å². The Morgan fingerprint density at radius 3 is 2.61 bits per heavy atom. The van der Waals surface area contributed by atoms with Gasteiger partial charge in [-0.25, -0.2) is 4.39 Å². The molecule has 0 aromatic heterocycles. The van der Waals surface area contributed by atoms with E-state index in [1.165, 1.54) is 12.1 Å². The number of nitrogens with one attached hydrogen (secondary N) is 1. The maximum atomic E-state index is 12.8. The molecule has 4 heteroatoms. The van der Waals surface area contributed by atoms with Gasteiger partial charge in [-0.1, -0.05) is 12.1 Å². The van der Waals surface area contributed by atoms with Gasteiger partial charge in [-0.2, -0.15) is 0 Å². The summed E-state index contributed by atoms with van der Waals surface area (Å²) in [7, 11) is 0. The molecule has 1 aliphatic rings. The summed E-state index contributed by atoms with van der Waals surface area (Å²) in [5, 5.41) is 3.46. The highest BCUT2D eigenvalue weighted by molar-refractivity contribution is 5.19. The summed E-state index contributed by atoms with van der Waals surface area (Å²) < 4.78 is 18.1. The third-order valence-corrected chi connectivity index (χ3v) is 3.35. The van der Waals surface area contributed by atoms with Gasteiger partial charge in [-0.05, 0) is 24.6 Å². The Morgan fingerprint density at radius 2 is 1.94 bits per heavy atom. The van der Waals surface area contributed by atoms with Gasteiger partial charge in [0.15, 0.2) is 0 Å². The Kier molecular flexibility index (Phi) is 5.11. The summed E-state index contributed by atoms with van der Waals surface area (Å²) in [6, 6.07) is 6.95. The molecule has 2 rings (SSSR count). The van der Waals surface area contributed by atoms with Crippen molar-refractivity contribution in [3.05, 3.63) is 35.6 Å². The number of rotatable bonds is 5. The van der Waals surface area contributed by atoms with Gasteiger partial charge in [0, 0.05) is 32.2 Å². The molecular formula is C14H21FN2O. The summed E-state index contributed by atoms with van der Waals surface area (Å²) in [6.45, 7) is 7.81. The van der Waals surface area contributed by atoms with Crippen LogP contribution in [0.2, 0.25) is 0 Å². The number of halogens is 1. The fraction of sp³-hybridized carbons (Fsp3) is 0.571. The molecule has 18 heavy (non-hydrogen) atoms. The number of nitrogens with zero attached hydrogens (tertiary/aromatic N) is 1. The molecule has 0 spiro atoms. The van der Waals surface area contributed by atoms with E-state index in [1.54, 1.807) is 0 Å². The zero-order valence-corrected chi connectivity index (χ0v) is 10.9. The van der Waals surface area contributed by atoms with Crippen molar-refractivity contribution in [2.45, 2.75) is 13.0 Å². The lowest BCUT2D eigenvalue weighted by atomic mass is 10.1. The topological polar surface area (TPSA) is 24.5 Å². The summed E-state index contributed by atoms with van der Waals surface area (Å²) >= 11 is 0. The van der Waals surface area contributed by atoms with Crippen LogP contribution in [-0.2, 0) is 4.74 Å². The van der Waals surface area contributed by atoms with Crippen molar-refractivity contribution >= 4 is 0 Å². The number of hydrogen-bond donors (Lipinski definition) is 1. The van der Waals surface area contributed by atoms with Crippen LogP contribution >= 0.6 is 0 Å². The van der Waals surface area contributed by atoms with Gasteiger partial charge < -0.3 is 10.1 Å². The maximum absolute atomic E-state index is 12.8. The second-order valence-electron chi connectivity index (χ2n) is 4.68. The van der Waals surface area contributed by atoms with Gasteiger partial charge in [0.25, 0.3) is 0 Å². The number of benzene rings is 1. The van der Waals surface area contributed by atoms with E-state index < -0.39 is 0 Å². The first-order chi connectivity index (χ1) is 8.75. The van der Waals surface area contributed by atoms with Gasteiger partial charge in [0.05, 0.1) is 13.2 Å². The van der Waals surface area contributed by atoms with Gasteiger partial charge >= 0.3 is 0 Å². The Bertz CT molecular complexity index is 349. The van der Waals surface area contributed by atoms with Crippen LogP contribution in [0.3, 0.4) is 0 Å². The van der Waals surface area contributed by atoms with Crippen molar-refractivity contribution in [1.29, 1.82) is 0 Å². The standard InChI is InChI=1S/C14H21FN2O/c1-12(13-2-4-14(15)5-3-13)16-6-7-17-8-10-18-11-9-17/h2-5,12,16H,6-11H2,1H3/t12-/m0/s1. The molecule has 0 radical (unpaired) electrons. The number of ether oxygens (including phenoxy) is 1. The summed E-state index contributed by atoms with van der Waals surface area (Å²) in [6.07, 6.45) is 0. The Labute approximate surface area is 108 Å². The van der Waals surface area contributed by atoms with E-state index in [-0.39, 0.29) is 11.9 Å². The lowest BCUT2D eigenvalue weighted by molar-refractivity contribution is 0.0382. The smallest absolute Gasteiger partial charge is 0.123 e. The van der Waals surface area contributed by atoms with E-state index in [0.29, 0.717) is 0 Å². The van der Waals surface area contributed by atoms with Crippen LogP contribution in [0, 0.1) is 5.82 Å². The minimum Gasteiger partial charge on any atom is -0.379 e. The number of hydrogen-bond acceptors (Lipinski definition) is 3. The summed E-state index contributed by atoms with van der Waals surface area (Å²) in [5.74, 6) is -0.181. The van der Waals surface area contributed by atoms with E-state index in [0.717, 1.165) is 45.0 Å². The minimum atomic E-state index is -0.181. The van der Waals surface area contributed by atoms with Gasteiger partial charge in [0.2, 0.25) is 0 Å². The average molecular weight is 252 g/mol. The van der Waals surface area contributed by atoms with Crippen molar-refractivity contribution in [3.8, 4) is 0 Å². The number of morpholine rings is 1. The first-order valence-electron chi connectivity index (χ1n) is 6.54. The molecule has 3 nitrogen and oxygen atoms in total. The Hall–Kier alpha value is -0.970. The molecule has 100 valence electrons. The lowest BCUT2D eigenvalue weighted by Crippen LogP contribution is -2.40. The molecule has 0 saturated carbocycles. The maximum Gasteiger partial charge on any atom is 0.123 e. The van der Waals surface area contributed by atoms with Crippen molar-refractivity contribution in [3.63, 3.8) is 0 Å². The molecule has 1 atom stereocenters. The molecule has 0 amide bonds. The molecule has 1 fully saturated rings.